The van der Waals surface area contributed by atoms with Crippen LogP contribution in [-0.4, -0.2) is 37.0 Å². The van der Waals surface area contributed by atoms with E-state index in [1.54, 1.807) is 0 Å². The standard InChI is InChI=1S/C17H27NO3/c1-13(2)18-9-16(19)12-21-17-7-5-15(6-8-17)11-20-10-14-3-4-14/h5-8,13-14,16,18-19H,3-4,9-12H2,1-2H3/t16-/m0/s1. The first-order valence-corrected chi connectivity index (χ1v) is 7.84. The van der Waals surface area contributed by atoms with E-state index in [9.17, 15) is 5.11 Å². The molecule has 1 saturated carbocycles. The van der Waals surface area contributed by atoms with Crippen LogP contribution in [0.5, 0.6) is 5.75 Å². The van der Waals surface area contributed by atoms with Crippen molar-refractivity contribution in [3.8, 4) is 5.75 Å². The van der Waals surface area contributed by atoms with Crippen molar-refractivity contribution in [1.29, 1.82) is 0 Å². The minimum absolute atomic E-state index is 0.303. The summed E-state index contributed by atoms with van der Waals surface area (Å²) in [6.45, 7) is 6.50. The Morgan fingerprint density at radius 1 is 1.24 bits per heavy atom. The summed E-state index contributed by atoms with van der Waals surface area (Å²) < 4.78 is 11.2. The second-order valence-corrected chi connectivity index (χ2v) is 6.13. The first kappa shape index (κ1) is 16.3. The monoisotopic (exact) mass is 293 g/mol. The first-order chi connectivity index (χ1) is 10.1. The van der Waals surface area contributed by atoms with Crippen LogP contribution in [0.2, 0.25) is 0 Å². The Morgan fingerprint density at radius 3 is 2.57 bits per heavy atom. The minimum Gasteiger partial charge on any atom is -0.491 e. The molecule has 2 rings (SSSR count). The number of aliphatic hydroxyl groups excluding tert-OH is 1. The minimum atomic E-state index is -0.492. The van der Waals surface area contributed by atoms with Gasteiger partial charge in [-0.15, -0.1) is 0 Å². The third-order valence-electron chi connectivity index (χ3n) is 3.45. The molecular formula is C17H27NO3. The maximum absolute atomic E-state index is 9.78. The Bertz CT molecular complexity index is 401. The van der Waals surface area contributed by atoms with E-state index < -0.39 is 6.10 Å². The zero-order valence-electron chi connectivity index (χ0n) is 13.0. The van der Waals surface area contributed by atoms with Gasteiger partial charge in [0.1, 0.15) is 18.5 Å². The van der Waals surface area contributed by atoms with E-state index in [0.717, 1.165) is 23.8 Å². The van der Waals surface area contributed by atoms with Gasteiger partial charge in [-0.1, -0.05) is 26.0 Å². The van der Waals surface area contributed by atoms with Gasteiger partial charge in [-0.3, -0.25) is 0 Å². The average Bonchev–Trinajstić information content (AvgIpc) is 3.28. The number of hydrogen-bond acceptors (Lipinski definition) is 4. The summed E-state index contributed by atoms with van der Waals surface area (Å²) in [5.41, 5.74) is 1.16. The highest BCUT2D eigenvalue weighted by Crippen LogP contribution is 2.29. The normalized spacial score (nSPS) is 16.2. The lowest BCUT2D eigenvalue weighted by Crippen LogP contribution is -2.35. The van der Waals surface area contributed by atoms with Gasteiger partial charge in [0.05, 0.1) is 6.61 Å². The molecule has 0 bridgehead atoms. The van der Waals surface area contributed by atoms with Gasteiger partial charge in [-0.2, -0.15) is 0 Å². The Labute approximate surface area is 127 Å². The summed E-state index contributed by atoms with van der Waals surface area (Å²) >= 11 is 0. The SMILES string of the molecule is CC(C)NC[C@H](O)COc1ccc(COCC2CC2)cc1. The van der Waals surface area contributed by atoms with Crippen LogP contribution in [0.4, 0.5) is 0 Å². The molecule has 0 heterocycles. The number of hydrogen-bond donors (Lipinski definition) is 2. The Hall–Kier alpha value is -1.10. The molecule has 1 fully saturated rings. The van der Waals surface area contributed by atoms with Crippen LogP contribution in [0.15, 0.2) is 24.3 Å². The summed E-state index contributed by atoms with van der Waals surface area (Å²) in [5, 5.41) is 13.0. The van der Waals surface area contributed by atoms with Crippen LogP contribution in [-0.2, 0) is 11.3 Å². The van der Waals surface area contributed by atoms with Gasteiger partial charge in [0, 0.05) is 19.2 Å². The maximum atomic E-state index is 9.78. The van der Waals surface area contributed by atoms with Gasteiger partial charge < -0.3 is 19.9 Å². The summed E-state index contributed by atoms with van der Waals surface area (Å²) in [6, 6.07) is 8.26. The van der Waals surface area contributed by atoms with Crippen LogP contribution < -0.4 is 10.1 Å². The zero-order valence-corrected chi connectivity index (χ0v) is 13.0. The number of benzene rings is 1. The molecule has 21 heavy (non-hydrogen) atoms. The highest BCUT2D eigenvalue weighted by molar-refractivity contribution is 5.26. The fourth-order valence-electron chi connectivity index (χ4n) is 1.93. The highest BCUT2D eigenvalue weighted by atomic mass is 16.5. The number of nitrogens with one attached hydrogen (secondary N) is 1. The van der Waals surface area contributed by atoms with Crippen molar-refractivity contribution in [2.45, 2.75) is 45.4 Å². The molecule has 1 atom stereocenters. The predicted octanol–water partition coefficient (Wildman–Crippen LogP) is 2.35. The lowest BCUT2D eigenvalue weighted by Gasteiger charge is -2.15. The van der Waals surface area contributed by atoms with Crippen LogP contribution in [0.25, 0.3) is 0 Å². The van der Waals surface area contributed by atoms with Crippen molar-refractivity contribution in [1.82, 2.24) is 5.32 Å². The highest BCUT2D eigenvalue weighted by Gasteiger charge is 2.20. The van der Waals surface area contributed by atoms with Crippen molar-refractivity contribution in [3.05, 3.63) is 29.8 Å². The first-order valence-electron chi connectivity index (χ1n) is 7.84. The van der Waals surface area contributed by atoms with Crippen molar-refractivity contribution in [2.75, 3.05) is 19.8 Å². The summed E-state index contributed by atoms with van der Waals surface area (Å²) in [4.78, 5) is 0. The van der Waals surface area contributed by atoms with Crippen LogP contribution in [0.1, 0.15) is 32.3 Å². The van der Waals surface area contributed by atoms with Gasteiger partial charge >= 0.3 is 0 Å². The molecule has 0 saturated heterocycles. The fraction of sp³-hybridized carbons (Fsp3) is 0.647. The van der Waals surface area contributed by atoms with Crippen molar-refractivity contribution < 1.29 is 14.6 Å². The Balaban J connectivity index is 1.63. The lowest BCUT2D eigenvalue weighted by atomic mass is 10.2. The zero-order chi connectivity index (χ0) is 15.1. The maximum Gasteiger partial charge on any atom is 0.119 e. The van der Waals surface area contributed by atoms with Gasteiger partial charge in [0.25, 0.3) is 0 Å². The molecule has 0 radical (unpaired) electrons. The van der Waals surface area contributed by atoms with E-state index in [-0.39, 0.29) is 0 Å². The van der Waals surface area contributed by atoms with Gasteiger partial charge in [-0.25, -0.2) is 0 Å². The quantitative estimate of drug-likeness (QED) is 0.695. The van der Waals surface area contributed by atoms with Crippen LogP contribution in [0.3, 0.4) is 0 Å². The molecule has 118 valence electrons. The molecule has 1 aromatic carbocycles. The van der Waals surface area contributed by atoms with E-state index in [0.29, 0.717) is 25.8 Å². The topological polar surface area (TPSA) is 50.7 Å². The summed E-state index contributed by atoms with van der Waals surface area (Å²) in [7, 11) is 0. The van der Waals surface area contributed by atoms with E-state index >= 15 is 0 Å². The molecule has 1 aliphatic rings. The Morgan fingerprint density at radius 2 is 1.95 bits per heavy atom. The molecular weight excluding hydrogens is 266 g/mol. The van der Waals surface area contributed by atoms with Crippen LogP contribution >= 0.6 is 0 Å². The van der Waals surface area contributed by atoms with Crippen molar-refractivity contribution >= 4 is 0 Å². The molecule has 2 N–H and O–H groups in total. The van der Waals surface area contributed by atoms with Gasteiger partial charge in [0.15, 0.2) is 0 Å². The lowest BCUT2D eigenvalue weighted by molar-refractivity contribution is 0.104. The molecule has 4 heteroatoms. The smallest absolute Gasteiger partial charge is 0.119 e. The van der Waals surface area contributed by atoms with Crippen molar-refractivity contribution in [2.24, 2.45) is 5.92 Å². The molecule has 0 amide bonds. The molecule has 0 aromatic heterocycles. The molecule has 0 unspecified atom stereocenters. The van der Waals surface area contributed by atoms with E-state index in [4.69, 9.17) is 9.47 Å². The Kier molecular flexibility index (Phi) is 6.49. The third-order valence-corrected chi connectivity index (χ3v) is 3.45. The fourth-order valence-corrected chi connectivity index (χ4v) is 1.93. The van der Waals surface area contributed by atoms with Crippen LogP contribution in [0, 0.1) is 5.92 Å². The van der Waals surface area contributed by atoms with E-state index in [2.05, 4.69) is 19.2 Å². The third kappa shape index (κ3) is 6.93. The molecule has 4 nitrogen and oxygen atoms in total. The summed E-state index contributed by atoms with van der Waals surface area (Å²) in [5.74, 6) is 1.58. The predicted molar refractivity (Wildman–Crippen MR) is 83.5 cm³/mol. The van der Waals surface area contributed by atoms with E-state index in [1.165, 1.54) is 12.8 Å². The number of rotatable bonds is 10. The second kappa shape index (κ2) is 8.37. The molecule has 0 spiro atoms. The van der Waals surface area contributed by atoms with Gasteiger partial charge in [-0.05, 0) is 36.5 Å². The second-order valence-electron chi connectivity index (χ2n) is 6.13. The van der Waals surface area contributed by atoms with Gasteiger partial charge in [0.2, 0.25) is 0 Å². The largest absolute Gasteiger partial charge is 0.491 e. The molecule has 1 aliphatic carbocycles. The van der Waals surface area contributed by atoms with E-state index in [1.807, 2.05) is 24.3 Å². The average molecular weight is 293 g/mol. The summed E-state index contributed by atoms with van der Waals surface area (Å²) in [6.07, 6.45) is 2.15. The molecule has 0 aliphatic heterocycles. The molecule has 1 aromatic rings. The number of aliphatic hydroxyl groups is 1. The number of ether oxygens (including phenoxy) is 2. The van der Waals surface area contributed by atoms with Crippen molar-refractivity contribution in [3.63, 3.8) is 0 Å².